The van der Waals surface area contributed by atoms with Gasteiger partial charge in [0.2, 0.25) is 5.91 Å². The maximum atomic E-state index is 10.3. The number of imidazole rings is 1. The third-order valence-electron chi connectivity index (χ3n) is 1.57. The standard InChI is InChI=1S/C8H14N4O2/c9-8(13)6-14-11-2-1-4-12-5-3-10-7-12/h3,5,7,11H,1-2,4,6H2,(H2,9,13). The van der Waals surface area contributed by atoms with E-state index in [2.05, 4.69) is 10.5 Å². The fourth-order valence-electron chi connectivity index (χ4n) is 0.947. The predicted octanol–water partition coefficient (Wildman–Crippen LogP) is -0.720. The molecule has 0 aromatic carbocycles. The van der Waals surface area contributed by atoms with Crippen LogP contribution in [-0.4, -0.2) is 28.6 Å². The number of hydrogen-bond acceptors (Lipinski definition) is 4. The molecule has 6 nitrogen and oxygen atoms in total. The number of aromatic nitrogens is 2. The van der Waals surface area contributed by atoms with Gasteiger partial charge in [-0.1, -0.05) is 0 Å². The second kappa shape index (κ2) is 6.11. The van der Waals surface area contributed by atoms with Crippen molar-refractivity contribution in [2.24, 2.45) is 5.73 Å². The van der Waals surface area contributed by atoms with Crippen LogP contribution in [0.15, 0.2) is 18.7 Å². The van der Waals surface area contributed by atoms with Crippen molar-refractivity contribution in [3.05, 3.63) is 18.7 Å². The molecular weight excluding hydrogens is 184 g/mol. The maximum absolute atomic E-state index is 10.3. The number of carbonyl (C=O) groups is 1. The number of nitrogens with one attached hydrogen (secondary N) is 1. The van der Waals surface area contributed by atoms with Gasteiger partial charge < -0.3 is 10.3 Å². The number of carbonyl (C=O) groups excluding carboxylic acids is 1. The molecule has 0 fully saturated rings. The minimum atomic E-state index is -0.480. The Morgan fingerprint density at radius 2 is 2.50 bits per heavy atom. The van der Waals surface area contributed by atoms with Gasteiger partial charge in [0, 0.05) is 25.5 Å². The highest BCUT2D eigenvalue weighted by atomic mass is 16.6. The average Bonchev–Trinajstić information content (AvgIpc) is 2.63. The van der Waals surface area contributed by atoms with Gasteiger partial charge in [0.25, 0.3) is 0 Å². The van der Waals surface area contributed by atoms with E-state index >= 15 is 0 Å². The van der Waals surface area contributed by atoms with Crippen molar-refractivity contribution in [2.75, 3.05) is 13.2 Å². The summed E-state index contributed by atoms with van der Waals surface area (Å²) in [6, 6.07) is 0. The van der Waals surface area contributed by atoms with E-state index in [0.29, 0.717) is 6.54 Å². The molecule has 0 aliphatic heterocycles. The molecule has 0 spiro atoms. The van der Waals surface area contributed by atoms with Crippen molar-refractivity contribution in [3.8, 4) is 0 Å². The van der Waals surface area contributed by atoms with Crippen LogP contribution in [-0.2, 0) is 16.2 Å². The van der Waals surface area contributed by atoms with E-state index in [1.807, 2.05) is 10.8 Å². The van der Waals surface area contributed by atoms with Gasteiger partial charge in [0.1, 0.15) is 6.61 Å². The molecule has 1 rings (SSSR count). The molecule has 14 heavy (non-hydrogen) atoms. The third-order valence-corrected chi connectivity index (χ3v) is 1.57. The van der Waals surface area contributed by atoms with Gasteiger partial charge in [-0.3, -0.25) is 9.63 Å². The first-order valence-corrected chi connectivity index (χ1v) is 4.38. The Morgan fingerprint density at radius 1 is 1.64 bits per heavy atom. The molecule has 1 amide bonds. The van der Waals surface area contributed by atoms with E-state index in [0.717, 1.165) is 13.0 Å². The van der Waals surface area contributed by atoms with Gasteiger partial charge in [0.15, 0.2) is 0 Å². The average molecular weight is 198 g/mol. The monoisotopic (exact) mass is 198 g/mol. The van der Waals surface area contributed by atoms with Gasteiger partial charge >= 0.3 is 0 Å². The molecule has 78 valence electrons. The van der Waals surface area contributed by atoms with Crippen LogP contribution in [0.1, 0.15) is 6.42 Å². The first-order chi connectivity index (χ1) is 6.79. The lowest BCUT2D eigenvalue weighted by Crippen LogP contribution is -2.25. The van der Waals surface area contributed by atoms with Crippen molar-refractivity contribution in [2.45, 2.75) is 13.0 Å². The van der Waals surface area contributed by atoms with E-state index < -0.39 is 5.91 Å². The minimum absolute atomic E-state index is 0.0922. The Bertz CT molecular complexity index is 260. The number of nitrogens with zero attached hydrogens (tertiary/aromatic N) is 2. The summed E-state index contributed by atoms with van der Waals surface area (Å²) in [5.74, 6) is -0.480. The van der Waals surface area contributed by atoms with E-state index in [1.54, 1.807) is 12.5 Å². The summed E-state index contributed by atoms with van der Waals surface area (Å²) in [6.07, 6.45) is 6.28. The zero-order valence-electron chi connectivity index (χ0n) is 7.85. The van der Waals surface area contributed by atoms with Crippen molar-refractivity contribution >= 4 is 5.91 Å². The Balaban J connectivity index is 1.92. The SMILES string of the molecule is NC(=O)CONCCCn1ccnc1. The van der Waals surface area contributed by atoms with E-state index in [1.165, 1.54) is 0 Å². The predicted molar refractivity (Wildman–Crippen MR) is 50.0 cm³/mol. The van der Waals surface area contributed by atoms with Crippen LogP contribution in [0.3, 0.4) is 0 Å². The first kappa shape index (κ1) is 10.7. The van der Waals surface area contributed by atoms with Crippen LogP contribution < -0.4 is 11.2 Å². The lowest BCUT2D eigenvalue weighted by Gasteiger charge is -2.04. The molecule has 0 radical (unpaired) electrons. The fraction of sp³-hybridized carbons (Fsp3) is 0.500. The topological polar surface area (TPSA) is 82.2 Å². The van der Waals surface area contributed by atoms with Crippen LogP contribution in [0.25, 0.3) is 0 Å². The summed E-state index contributed by atoms with van der Waals surface area (Å²) in [7, 11) is 0. The Hall–Kier alpha value is -1.40. The second-order valence-corrected chi connectivity index (χ2v) is 2.80. The quantitative estimate of drug-likeness (QED) is 0.447. The highest BCUT2D eigenvalue weighted by Crippen LogP contribution is 1.88. The van der Waals surface area contributed by atoms with Gasteiger partial charge in [-0.2, -0.15) is 0 Å². The number of primary amides is 1. The molecule has 0 aliphatic rings. The zero-order chi connectivity index (χ0) is 10.2. The highest BCUT2D eigenvalue weighted by molar-refractivity contribution is 5.74. The van der Waals surface area contributed by atoms with Crippen molar-refractivity contribution in [3.63, 3.8) is 0 Å². The molecular formula is C8H14N4O2. The number of amides is 1. The van der Waals surface area contributed by atoms with Gasteiger partial charge in [-0.25, -0.2) is 10.5 Å². The molecule has 0 saturated carbocycles. The summed E-state index contributed by atoms with van der Waals surface area (Å²) in [5, 5.41) is 0. The van der Waals surface area contributed by atoms with Crippen LogP contribution in [0.2, 0.25) is 0 Å². The van der Waals surface area contributed by atoms with Gasteiger partial charge in [-0.15, -0.1) is 0 Å². The first-order valence-electron chi connectivity index (χ1n) is 4.38. The summed E-state index contributed by atoms with van der Waals surface area (Å²) >= 11 is 0. The largest absolute Gasteiger partial charge is 0.368 e. The number of hydroxylamine groups is 1. The van der Waals surface area contributed by atoms with Crippen LogP contribution >= 0.6 is 0 Å². The molecule has 3 N–H and O–H groups in total. The molecule has 0 aliphatic carbocycles. The van der Waals surface area contributed by atoms with Crippen molar-refractivity contribution in [1.29, 1.82) is 0 Å². The molecule has 1 aromatic heterocycles. The zero-order valence-corrected chi connectivity index (χ0v) is 7.85. The minimum Gasteiger partial charge on any atom is -0.368 e. The summed E-state index contributed by atoms with van der Waals surface area (Å²) in [6.45, 7) is 1.45. The molecule has 0 bridgehead atoms. The Kier molecular flexibility index (Phi) is 4.66. The van der Waals surface area contributed by atoms with Crippen molar-refractivity contribution in [1.82, 2.24) is 15.0 Å². The molecule has 1 aromatic rings. The number of rotatable bonds is 7. The van der Waals surface area contributed by atoms with E-state index in [4.69, 9.17) is 10.6 Å². The van der Waals surface area contributed by atoms with Crippen LogP contribution in [0.5, 0.6) is 0 Å². The Labute approximate surface area is 82.0 Å². The molecule has 0 unspecified atom stereocenters. The number of hydrogen-bond donors (Lipinski definition) is 2. The lowest BCUT2D eigenvalue weighted by atomic mass is 10.4. The Morgan fingerprint density at radius 3 is 3.14 bits per heavy atom. The normalized spacial score (nSPS) is 10.3. The highest BCUT2D eigenvalue weighted by Gasteiger charge is 1.93. The van der Waals surface area contributed by atoms with Gasteiger partial charge in [0.05, 0.1) is 6.33 Å². The van der Waals surface area contributed by atoms with Crippen LogP contribution in [0, 0.1) is 0 Å². The summed E-state index contributed by atoms with van der Waals surface area (Å²) in [5.41, 5.74) is 7.51. The van der Waals surface area contributed by atoms with E-state index in [9.17, 15) is 4.79 Å². The number of aryl methyl sites for hydroxylation is 1. The molecule has 0 saturated heterocycles. The fourth-order valence-corrected chi connectivity index (χ4v) is 0.947. The second-order valence-electron chi connectivity index (χ2n) is 2.80. The van der Waals surface area contributed by atoms with Crippen molar-refractivity contribution < 1.29 is 9.63 Å². The smallest absolute Gasteiger partial charge is 0.245 e. The molecule has 6 heteroatoms. The summed E-state index contributed by atoms with van der Waals surface area (Å²) in [4.78, 5) is 18.9. The maximum Gasteiger partial charge on any atom is 0.245 e. The summed E-state index contributed by atoms with van der Waals surface area (Å²) < 4.78 is 1.97. The molecule has 1 heterocycles. The lowest BCUT2D eigenvalue weighted by molar-refractivity contribution is -0.125. The van der Waals surface area contributed by atoms with E-state index in [-0.39, 0.29) is 6.61 Å². The third kappa shape index (κ3) is 4.58. The number of nitrogens with two attached hydrogens (primary N) is 1. The van der Waals surface area contributed by atoms with Crippen LogP contribution in [0.4, 0.5) is 0 Å². The molecule has 0 atom stereocenters. The van der Waals surface area contributed by atoms with Gasteiger partial charge in [-0.05, 0) is 6.42 Å².